The lowest BCUT2D eigenvalue weighted by Crippen LogP contribution is -2.36. The number of rotatable bonds is 6. The summed E-state index contributed by atoms with van der Waals surface area (Å²) in [5.74, 6) is -0.563. The highest BCUT2D eigenvalue weighted by Crippen LogP contribution is 2.25. The fourth-order valence-corrected chi connectivity index (χ4v) is 4.65. The summed E-state index contributed by atoms with van der Waals surface area (Å²) in [6.07, 6.45) is 1.33. The number of fused-ring (bicyclic) bond motifs is 1. The Morgan fingerprint density at radius 1 is 1.07 bits per heavy atom. The third-order valence-electron chi connectivity index (χ3n) is 4.98. The van der Waals surface area contributed by atoms with Gasteiger partial charge in [0.2, 0.25) is 10.0 Å². The molecule has 0 radical (unpaired) electrons. The Bertz CT molecular complexity index is 1080. The lowest BCUT2D eigenvalue weighted by atomic mass is 10.1. The minimum absolute atomic E-state index is 0.0775. The molecule has 0 unspecified atom stereocenters. The van der Waals surface area contributed by atoms with Crippen LogP contribution in [0.25, 0.3) is 10.9 Å². The normalized spacial score (nSPS) is 15.9. The molecule has 0 saturated carbocycles. The monoisotopic (exact) mass is 403 g/mol. The number of hydrogen-bond acceptors (Lipinski definition) is 4. The predicted molar refractivity (Wildman–Crippen MR) is 105 cm³/mol. The number of morpholine rings is 1. The van der Waals surface area contributed by atoms with Gasteiger partial charge in [0.1, 0.15) is 10.7 Å². The summed E-state index contributed by atoms with van der Waals surface area (Å²) in [5, 5.41) is 0.0802. The molecule has 8 heteroatoms. The van der Waals surface area contributed by atoms with Gasteiger partial charge in [-0.2, -0.15) is 0 Å². The Morgan fingerprint density at radius 2 is 1.82 bits per heavy atom. The van der Waals surface area contributed by atoms with Crippen molar-refractivity contribution in [3.8, 4) is 0 Å². The fourth-order valence-electron chi connectivity index (χ4n) is 3.46. The molecular weight excluding hydrogens is 381 g/mol. The van der Waals surface area contributed by atoms with Crippen molar-refractivity contribution in [3.05, 3.63) is 65.6 Å². The number of nitrogens with zero attached hydrogens (tertiary/aromatic N) is 1. The second-order valence-corrected chi connectivity index (χ2v) is 8.53. The van der Waals surface area contributed by atoms with Gasteiger partial charge < -0.3 is 9.72 Å². The summed E-state index contributed by atoms with van der Waals surface area (Å²) in [6.45, 7) is 4.01. The highest BCUT2D eigenvalue weighted by atomic mass is 32.2. The number of aromatic nitrogens is 1. The van der Waals surface area contributed by atoms with Crippen LogP contribution in [0.1, 0.15) is 11.1 Å². The van der Waals surface area contributed by atoms with Crippen molar-refractivity contribution in [1.29, 1.82) is 0 Å². The van der Waals surface area contributed by atoms with Crippen molar-refractivity contribution in [2.45, 2.75) is 18.0 Å². The minimum Gasteiger partial charge on any atom is -0.379 e. The van der Waals surface area contributed by atoms with Crippen LogP contribution in [0, 0.1) is 5.82 Å². The molecule has 1 aliphatic heterocycles. The largest absolute Gasteiger partial charge is 0.379 e. The summed E-state index contributed by atoms with van der Waals surface area (Å²) in [5.41, 5.74) is 2.42. The lowest BCUT2D eigenvalue weighted by molar-refractivity contribution is 0.0341. The Balaban J connectivity index is 1.54. The zero-order valence-electron chi connectivity index (χ0n) is 15.3. The van der Waals surface area contributed by atoms with Crippen LogP contribution in [0.5, 0.6) is 0 Å². The molecule has 0 atom stereocenters. The molecule has 2 heterocycles. The minimum atomic E-state index is -3.87. The zero-order valence-corrected chi connectivity index (χ0v) is 16.1. The van der Waals surface area contributed by atoms with Crippen molar-refractivity contribution in [1.82, 2.24) is 14.6 Å². The first-order chi connectivity index (χ1) is 13.5. The number of hydrogen-bond donors (Lipinski definition) is 2. The van der Waals surface area contributed by atoms with E-state index in [4.69, 9.17) is 4.74 Å². The van der Waals surface area contributed by atoms with Crippen LogP contribution in [-0.4, -0.2) is 44.6 Å². The molecule has 28 heavy (non-hydrogen) atoms. The number of benzene rings is 2. The van der Waals surface area contributed by atoms with E-state index in [9.17, 15) is 12.8 Å². The van der Waals surface area contributed by atoms with E-state index < -0.39 is 15.8 Å². The average Bonchev–Trinajstić information content (AvgIpc) is 3.15. The lowest BCUT2D eigenvalue weighted by Gasteiger charge is -2.27. The molecule has 0 bridgehead atoms. The molecule has 1 fully saturated rings. The van der Waals surface area contributed by atoms with E-state index in [1.54, 1.807) is 12.1 Å². The van der Waals surface area contributed by atoms with Crippen LogP contribution in [0.3, 0.4) is 0 Å². The van der Waals surface area contributed by atoms with Crippen molar-refractivity contribution in [2.24, 2.45) is 0 Å². The van der Waals surface area contributed by atoms with Gasteiger partial charge >= 0.3 is 0 Å². The molecule has 148 valence electrons. The van der Waals surface area contributed by atoms with Crippen LogP contribution in [0.4, 0.5) is 4.39 Å². The van der Waals surface area contributed by atoms with Crippen molar-refractivity contribution >= 4 is 20.9 Å². The van der Waals surface area contributed by atoms with Gasteiger partial charge in [-0.3, -0.25) is 4.90 Å². The molecule has 2 aromatic carbocycles. The quantitative estimate of drug-likeness (QED) is 0.664. The maximum atomic E-state index is 14.2. The summed E-state index contributed by atoms with van der Waals surface area (Å²) >= 11 is 0. The molecule has 0 aliphatic carbocycles. The first-order valence-corrected chi connectivity index (χ1v) is 10.6. The van der Waals surface area contributed by atoms with E-state index in [2.05, 4.69) is 14.6 Å². The molecule has 4 rings (SSSR count). The topological polar surface area (TPSA) is 74.4 Å². The van der Waals surface area contributed by atoms with Gasteiger partial charge in [0.25, 0.3) is 0 Å². The molecule has 1 saturated heterocycles. The average molecular weight is 403 g/mol. The second-order valence-electron chi connectivity index (χ2n) is 6.80. The summed E-state index contributed by atoms with van der Waals surface area (Å²) in [6, 6.07) is 12.2. The highest BCUT2D eigenvalue weighted by Gasteiger charge is 2.21. The van der Waals surface area contributed by atoms with Gasteiger partial charge in [-0.1, -0.05) is 30.3 Å². The summed E-state index contributed by atoms with van der Waals surface area (Å²) in [4.78, 5) is 5.03. The van der Waals surface area contributed by atoms with Gasteiger partial charge in [-0.15, -0.1) is 0 Å². The van der Waals surface area contributed by atoms with E-state index >= 15 is 0 Å². The molecule has 0 amide bonds. The van der Waals surface area contributed by atoms with E-state index in [0.29, 0.717) is 18.7 Å². The summed E-state index contributed by atoms with van der Waals surface area (Å²) in [7, 11) is -3.87. The van der Waals surface area contributed by atoms with E-state index in [0.717, 1.165) is 30.8 Å². The maximum absolute atomic E-state index is 14.2. The number of H-pyrrole nitrogens is 1. The molecule has 2 N–H and O–H groups in total. The van der Waals surface area contributed by atoms with E-state index in [-0.39, 0.29) is 16.8 Å². The zero-order chi connectivity index (χ0) is 19.6. The smallest absolute Gasteiger partial charge is 0.243 e. The van der Waals surface area contributed by atoms with Crippen molar-refractivity contribution in [3.63, 3.8) is 0 Å². The number of sulfonamides is 1. The fraction of sp³-hybridized carbons (Fsp3) is 0.300. The Morgan fingerprint density at radius 3 is 2.61 bits per heavy atom. The van der Waals surface area contributed by atoms with Gasteiger partial charge in [0, 0.05) is 37.9 Å². The Labute approximate surface area is 163 Å². The summed E-state index contributed by atoms with van der Waals surface area (Å²) < 4.78 is 47.8. The van der Waals surface area contributed by atoms with Crippen LogP contribution >= 0.6 is 0 Å². The third kappa shape index (κ3) is 3.95. The maximum Gasteiger partial charge on any atom is 0.243 e. The molecule has 3 aromatic rings. The number of nitrogens with one attached hydrogen (secondary N) is 2. The Hall–Kier alpha value is -2.26. The van der Waals surface area contributed by atoms with Gasteiger partial charge in [0.15, 0.2) is 0 Å². The first kappa shape index (κ1) is 19.1. The number of aromatic amines is 1. The van der Waals surface area contributed by atoms with Crippen LogP contribution < -0.4 is 4.72 Å². The SMILES string of the molecule is O=S(=O)(NCc1ccccc1CN1CCOCC1)c1c[nH]c2cccc(F)c12. The predicted octanol–water partition coefficient (Wildman–Crippen LogP) is 2.62. The first-order valence-electron chi connectivity index (χ1n) is 9.17. The molecule has 1 aliphatic rings. The van der Waals surface area contributed by atoms with Crippen molar-refractivity contribution < 1.29 is 17.5 Å². The third-order valence-corrected chi connectivity index (χ3v) is 6.40. The van der Waals surface area contributed by atoms with Crippen LogP contribution in [0.15, 0.2) is 53.6 Å². The Kier molecular flexibility index (Phi) is 5.45. The van der Waals surface area contributed by atoms with E-state index in [1.807, 2.05) is 24.3 Å². The van der Waals surface area contributed by atoms with Gasteiger partial charge in [-0.05, 0) is 23.3 Å². The molecule has 0 spiro atoms. The molecule has 1 aromatic heterocycles. The van der Waals surface area contributed by atoms with Crippen LogP contribution in [-0.2, 0) is 27.8 Å². The highest BCUT2D eigenvalue weighted by molar-refractivity contribution is 7.89. The number of ether oxygens (including phenoxy) is 1. The second kappa shape index (κ2) is 8.00. The number of halogens is 1. The van der Waals surface area contributed by atoms with Gasteiger partial charge in [-0.25, -0.2) is 17.5 Å². The van der Waals surface area contributed by atoms with Crippen LogP contribution in [0.2, 0.25) is 0 Å². The van der Waals surface area contributed by atoms with Crippen molar-refractivity contribution in [2.75, 3.05) is 26.3 Å². The molecular formula is C20H22FN3O3S. The standard InChI is InChI=1S/C20H22FN3O3S/c21-17-6-3-7-18-20(17)19(13-22-18)28(25,26)23-12-15-4-1-2-5-16(15)14-24-8-10-27-11-9-24/h1-7,13,22-23H,8-12,14H2. The van der Waals surface area contributed by atoms with Gasteiger partial charge in [0.05, 0.1) is 18.6 Å². The van der Waals surface area contributed by atoms with E-state index in [1.165, 1.54) is 12.3 Å². The molecule has 6 nitrogen and oxygen atoms in total.